The fourth-order valence-corrected chi connectivity index (χ4v) is 1.88. The van der Waals surface area contributed by atoms with E-state index in [1.165, 1.54) is 10.6 Å². The maximum Gasteiger partial charge on any atom is 0.334 e. The van der Waals surface area contributed by atoms with E-state index in [-0.39, 0.29) is 0 Å². The molecule has 102 valence electrons. The van der Waals surface area contributed by atoms with Crippen molar-refractivity contribution in [2.75, 3.05) is 0 Å². The molecule has 1 aromatic carbocycles. The van der Waals surface area contributed by atoms with Crippen molar-refractivity contribution in [3.63, 3.8) is 0 Å². The zero-order valence-corrected chi connectivity index (χ0v) is 11.0. The van der Waals surface area contributed by atoms with Crippen molar-refractivity contribution in [1.29, 1.82) is 0 Å². The minimum Gasteiger partial charge on any atom is -0.303 e. The summed E-state index contributed by atoms with van der Waals surface area (Å²) in [4.78, 5) is 22.1. The van der Waals surface area contributed by atoms with E-state index in [9.17, 15) is 14.9 Å². The van der Waals surface area contributed by atoms with E-state index < -0.39 is 16.2 Å². The van der Waals surface area contributed by atoms with Gasteiger partial charge in [0, 0.05) is 18.3 Å². The van der Waals surface area contributed by atoms with Crippen LogP contribution in [0.25, 0.3) is 6.08 Å². The van der Waals surface area contributed by atoms with Gasteiger partial charge < -0.3 is 4.57 Å². The monoisotopic (exact) mass is 270 g/mol. The molecule has 0 radical (unpaired) electrons. The maximum absolute atomic E-state index is 12.0. The van der Waals surface area contributed by atoms with E-state index in [0.29, 0.717) is 12.2 Å². The summed E-state index contributed by atoms with van der Waals surface area (Å²) in [6, 6.07) is 12.5. The van der Waals surface area contributed by atoms with Crippen LogP contribution < -0.4 is 5.56 Å². The van der Waals surface area contributed by atoms with Crippen molar-refractivity contribution < 1.29 is 4.92 Å². The predicted octanol–water partition coefficient (Wildman–Crippen LogP) is 2.78. The van der Waals surface area contributed by atoms with Gasteiger partial charge in [-0.15, -0.1) is 0 Å². The molecule has 0 amide bonds. The van der Waals surface area contributed by atoms with Crippen LogP contribution in [0.4, 0.5) is 5.69 Å². The number of rotatable bonds is 4. The number of pyridine rings is 1. The van der Waals surface area contributed by atoms with Crippen LogP contribution in [0.5, 0.6) is 0 Å². The molecule has 0 N–H and O–H groups in total. The molecule has 2 aromatic rings. The van der Waals surface area contributed by atoms with Gasteiger partial charge in [0.15, 0.2) is 0 Å². The fraction of sp³-hybridized carbons (Fsp3) is 0.133. The van der Waals surface area contributed by atoms with Crippen molar-refractivity contribution in [3.8, 4) is 0 Å². The fourth-order valence-electron chi connectivity index (χ4n) is 1.88. The molecule has 0 saturated carbocycles. The average molecular weight is 270 g/mol. The predicted molar refractivity (Wildman–Crippen MR) is 77.6 cm³/mol. The van der Waals surface area contributed by atoms with E-state index in [2.05, 4.69) is 0 Å². The van der Waals surface area contributed by atoms with E-state index in [1.54, 1.807) is 13.0 Å². The lowest BCUT2D eigenvalue weighted by molar-refractivity contribution is -0.386. The van der Waals surface area contributed by atoms with Gasteiger partial charge in [0.2, 0.25) is 0 Å². The van der Waals surface area contributed by atoms with Gasteiger partial charge >= 0.3 is 11.2 Å². The molecule has 20 heavy (non-hydrogen) atoms. The standard InChI is InChI=1S/C15H14N2O3/c1-12-9-10-14(17(19)20)15(18)16(12)11-5-8-13-6-3-2-4-7-13/h2-10H,11H2,1H3. The highest BCUT2D eigenvalue weighted by molar-refractivity contribution is 5.48. The van der Waals surface area contributed by atoms with Crippen LogP contribution in [0.2, 0.25) is 0 Å². The second-order valence-electron chi connectivity index (χ2n) is 4.35. The first-order valence-electron chi connectivity index (χ1n) is 6.16. The molecule has 0 fully saturated rings. The molecule has 0 aliphatic carbocycles. The largest absolute Gasteiger partial charge is 0.334 e. The summed E-state index contributed by atoms with van der Waals surface area (Å²) in [7, 11) is 0. The Labute approximate surface area is 116 Å². The topological polar surface area (TPSA) is 65.1 Å². The third-order valence-electron chi connectivity index (χ3n) is 2.97. The number of hydrogen-bond donors (Lipinski definition) is 0. The first-order chi connectivity index (χ1) is 9.59. The normalized spacial score (nSPS) is 10.8. The van der Waals surface area contributed by atoms with Gasteiger partial charge in [0.25, 0.3) is 0 Å². The third-order valence-corrected chi connectivity index (χ3v) is 2.97. The molecule has 1 heterocycles. The average Bonchev–Trinajstić information content (AvgIpc) is 2.43. The Morgan fingerprint density at radius 2 is 1.90 bits per heavy atom. The smallest absolute Gasteiger partial charge is 0.303 e. The minimum absolute atomic E-state index is 0.307. The SMILES string of the molecule is Cc1ccc([N+](=O)[O-])c(=O)n1CC=Cc1ccccc1. The lowest BCUT2D eigenvalue weighted by Gasteiger charge is -2.06. The van der Waals surface area contributed by atoms with Gasteiger partial charge in [-0.05, 0) is 18.6 Å². The first kappa shape index (κ1) is 13.7. The van der Waals surface area contributed by atoms with Crippen molar-refractivity contribution >= 4 is 11.8 Å². The van der Waals surface area contributed by atoms with E-state index in [1.807, 2.05) is 42.5 Å². The van der Waals surface area contributed by atoms with Crippen molar-refractivity contribution in [2.45, 2.75) is 13.5 Å². The number of aromatic nitrogens is 1. The zero-order chi connectivity index (χ0) is 14.5. The Hall–Kier alpha value is -2.69. The Balaban J connectivity index is 2.26. The molecule has 0 bridgehead atoms. The quantitative estimate of drug-likeness (QED) is 0.633. The van der Waals surface area contributed by atoms with Crippen LogP contribution in [0.1, 0.15) is 11.3 Å². The van der Waals surface area contributed by atoms with Gasteiger partial charge in [-0.25, -0.2) is 0 Å². The first-order valence-corrected chi connectivity index (χ1v) is 6.16. The van der Waals surface area contributed by atoms with Crippen molar-refractivity contribution in [1.82, 2.24) is 4.57 Å². The highest BCUT2D eigenvalue weighted by atomic mass is 16.6. The van der Waals surface area contributed by atoms with Crippen LogP contribution >= 0.6 is 0 Å². The van der Waals surface area contributed by atoms with Crippen LogP contribution in [-0.2, 0) is 6.54 Å². The maximum atomic E-state index is 12.0. The van der Waals surface area contributed by atoms with E-state index in [0.717, 1.165) is 5.56 Å². The summed E-state index contributed by atoms with van der Waals surface area (Å²) in [5.41, 5.74) is 0.735. The number of nitrogens with zero attached hydrogens (tertiary/aromatic N) is 2. The molecule has 0 saturated heterocycles. The summed E-state index contributed by atoms with van der Waals surface area (Å²) >= 11 is 0. The molecule has 0 unspecified atom stereocenters. The Morgan fingerprint density at radius 3 is 2.55 bits per heavy atom. The lowest BCUT2D eigenvalue weighted by Crippen LogP contribution is -2.23. The van der Waals surface area contributed by atoms with Crippen LogP contribution in [0.15, 0.2) is 53.3 Å². The molecule has 0 atom stereocenters. The molecule has 5 nitrogen and oxygen atoms in total. The van der Waals surface area contributed by atoms with Gasteiger partial charge in [-0.2, -0.15) is 0 Å². The van der Waals surface area contributed by atoms with Crippen LogP contribution in [0, 0.1) is 17.0 Å². The summed E-state index contributed by atoms with van der Waals surface area (Å²) in [6.45, 7) is 2.06. The Kier molecular flexibility index (Phi) is 4.10. The number of hydrogen-bond acceptors (Lipinski definition) is 3. The van der Waals surface area contributed by atoms with E-state index in [4.69, 9.17) is 0 Å². The van der Waals surface area contributed by atoms with Gasteiger partial charge in [0.1, 0.15) is 0 Å². The van der Waals surface area contributed by atoms with Gasteiger partial charge in [-0.1, -0.05) is 42.5 Å². The van der Waals surface area contributed by atoms with Gasteiger partial charge in [0.05, 0.1) is 4.92 Å². The number of aryl methyl sites for hydroxylation is 1. The van der Waals surface area contributed by atoms with E-state index >= 15 is 0 Å². The molecule has 0 spiro atoms. The Morgan fingerprint density at radius 1 is 1.20 bits per heavy atom. The second-order valence-corrected chi connectivity index (χ2v) is 4.35. The summed E-state index contributed by atoms with van der Waals surface area (Å²) in [6.07, 6.45) is 3.69. The number of allylic oxidation sites excluding steroid dienone is 1. The molecular formula is C15H14N2O3. The number of benzene rings is 1. The summed E-state index contributed by atoms with van der Waals surface area (Å²) in [5.74, 6) is 0. The zero-order valence-electron chi connectivity index (χ0n) is 11.0. The molecule has 1 aromatic heterocycles. The van der Waals surface area contributed by atoms with Gasteiger partial charge in [-0.3, -0.25) is 14.9 Å². The molecule has 0 aliphatic rings. The van der Waals surface area contributed by atoms with Crippen LogP contribution in [-0.4, -0.2) is 9.49 Å². The van der Waals surface area contributed by atoms with Crippen molar-refractivity contribution in [2.24, 2.45) is 0 Å². The lowest BCUT2D eigenvalue weighted by atomic mass is 10.2. The molecule has 5 heteroatoms. The number of nitro groups is 1. The Bertz CT molecular complexity index is 703. The van der Waals surface area contributed by atoms with Crippen molar-refractivity contribution in [3.05, 3.63) is 80.3 Å². The molecular weight excluding hydrogens is 256 g/mol. The summed E-state index contributed by atoms with van der Waals surface area (Å²) < 4.78 is 1.39. The molecule has 2 rings (SSSR count). The highest BCUT2D eigenvalue weighted by Gasteiger charge is 2.14. The third kappa shape index (κ3) is 3.00. The van der Waals surface area contributed by atoms with Crippen LogP contribution in [0.3, 0.4) is 0 Å². The summed E-state index contributed by atoms with van der Waals surface area (Å²) in [5, 5.41) is 10.8. The minimum atomic E-state index is -0.654. The highest BCUT2D eigenvalue weighted by Crippen LogP contribution is 2.07. The molecule has 0 aliphatic heterocycles. The second kappa shape index (κ2) is 5.97.